The summed E-state index contributed by atoms with van der Waals surface area (Å²) in [4.78, 5) is 4.67. The Bertz CT molecular complexity index is 726. The molecule has 104 valence electrons. The van der Waals surface area contributed by atoms with E-state index in [0.29, 0.717) is 6.42 Å². The van der Waals surface area contributed by atoms with Gasteiger partial charge in [-0.05, 0) is 18.2 Å². The number of hydrogen-bond donors (Lipinski definition) is 2. The second kappa shape index (κ2) is 5.07. The molecular weight excluding hydrogens is 252 g/mol. The lowest BCUT2D eigenvalue weighted by Gasteiger charge is -2.13. The zero-order chi connectivity index (χ0) is 14.1. The summed E-state index contributed by atoms with van der Waals surface area (Å²) in [6.45, 7) is 0. The van der Waals surface area contributed by atoms with Crippen LogP contribution in [0, 0.1) is 0 Å². The van der Waals surface area contributed by atoms with Gasteiger partial charge in [0.25, 0.3) is 0 Å². The fourth-order valence-electron chi connectivity index (χ4n) is 2.43. The standard InChI is InChI=1S/C14H18N6/c1-19-8-7-10(18-19)12(17-15)9-14-16-11-5-3-4-6-13(11)20(14)2/h3-8,12,17H,9,15H2,1-2H3. The Kier molecular flexibility index (Phi) is 3.25. The minimum Gasteiger partial charge on any atom is -0.331 e. The second-order valence-electron chi connectivity index (χ2n) is 4.91. The third-order valence-corrected chi connectivity index (χ3v) is 3.56. The van der Waals surface area contributed by atoms with Gasteiger partial charge in [0.2, 0.25) is 0 Å². The van der Waals surface area contributed by atoms with Crippen LogP contribution in [0.5, 0.6) is 0 Å². The molecule has 0 fully saturated rings. The van der Waals surface area contributed by atoms with Crippen LogP contribution in [-0.4, -0.2) is 19.3 Å². The zero-order valence-electron chi connectivity index (χ0n) is 11.6. The van der Waals surface area contributed by atoms with E-state index in [4.69, 9.17) is 5.84 Å². The Balaban J connectivity index is 1.93. The Morgan fingerprint density at radius 2 is 2.05 bits per heavy atom. The first-order valence-electron chi connectivity index (χ1n) is 6.55. The van der Waals surface area contributed by atoms with Crippen molar-refractivity contribution >= 4 is 11.0 Å². The normalized spacial score (nSPS) is 12.9. The van der Waals surface area contributed by atoms with Crippen molar-refractivity contribution in [2.24, 2.45) is 19.9 Å². The monoisotopic (exact) mass is 270 g/mol. The van der Waals surface area contributed by atoms with Gasteiger partial charge < -0.3 is 4.57 Å². The van der Waals surface area contributed by atoms with E-state index in [1.54, 1.807) is 4.68 Å². The fourth-order valence-corrected chi connectivity index (χ4v) is 2.43. The van der Waals surface area contributed by atoms with Gasteiger partial charge in [-0.15, -0.1) is 0 Å². The predicted molar refractivity (Wildman–Crippen MR) is 77.7 cm³/mol. The van der Waals surface area contributed by atoms with Crippen molar-refractivity contribution in [2.75, 3.05) is 0 Å². The highest BCUT2D eigenvalue weighted by Crippen LogP contribution is 2.19. The first kappa shape index (κ1) is 12.8. The molecule has 0 bridgehead atoms. The van der Waals surface area contributed by atoms with E-state index in [-0.39, 0.29) is 6.04 Å². The maximum Gasteiger partial charge on any atom is 0.111 e. The van der Waals surface area contributed by atoms with Crippen LogP contribution in [0.25, 0.3) is 11.0 Å². The number of benzene rings is 1. The molecular formula is C14H18N6. The van der Waals surface area contributed by atoms with Crippen LogP contribution >= 0.6 is 0 Å². The van der Waals surface area contributed by atoms with Gasteiger partial charge in [0, 0.05) is 26.7 Å². The van der Waals surface area contributed by atoms with Crippen LogP contribution in [0.3, 0.4) is 0 Å². The molecule has 0 aliphatic heterocycles. The number of nitrogens with zero attached hydrogens (tertiary/aromatic N) is 4. The van der Waals surface area contributed by atoms with Gasteiger partial charge in [-0.3, -0.25) is 16.0 Å². The van der Waals surface area contributed by atoms with E-state index in [1.807, 2.05) is 44.6 Å². The van der Waals surface area contributed by atoms with Crippen molar-refractivity contribution in [3.63, 3.8) is 0 Å². The third-order valence-electron chi connectivity index (χ3n) is 3.56. The molecule has 0 spiro atoms. The number of hydrazine groups is 1. The molecule has 2 heterocycles. The predicted octanol–water partition coefficient (Wildman–Crippen LogP) is 1.05. The van der Waals surface area contributed by atoms with Crippen LogP contribution in [0.15, 0.2) is 36.5 Å². The van der Waals surface area contributed by atoms with Gasteiger partial charge in [0.05, 0.1) is 22.8 Å². The van der Waals surface area contributed by atoms with Crippen molar-refractivity contribution < 1.29 is 0 Å². The number of aryl methyl sites for hydroxylation is 2. The molecule has 1 atom stereocenters. The minimum atomic E-state index is -0.0493. The molecule has 0 saturated heterocycles. The van der Waals surface area contributed by atoms with Gasteiger partial charge >= 0.3 is 0 Å². The summed E-state index contributed by atoms with van der Waals surface area (Å²) >= 11 is 0. The average Bonchev–Trinajstić information content (AvgIpc) is 3.01. The first-order valence-corrected chi connectivity index (χ1v) is 6.55. The van der Waals surface area contributed by atoms with Crippen molar-refractivity contribution in [1.82, 2.24) is 24.8 Å². The summed E-state index contributed by atoms with van der Waals surface area (Å²) in [6.07, 6.45) is 2.60. The number of aromatic nitrogens is 4. The number of nitrogens with two attached hydrogens (primary N) is 1. The maximum atomic E-state index is 5.67. The smallest absolute Gasteiger partial charge is 0.111 e. The average molecular weight is 270 g/mol. The summed E-state index contributed by atoms with van der Waals surface area (Å²) < 4.78 is 3.87. The molecule has 1 aromatic carbocycles. The highest BCUT2D eigenvalue weighted by atomic mass is 15.3. The first-order chi connectivity index (χ1) is 9.69. The highest BCUT2D eigenvalue weighted by molar-refractivity contribution is 5.75. The number of nitrogens with one attached hydrogen (secondary N) is 1. The van der Waals surface area contributed by atoms with Crippen molar-refractivity contribution in [1.29, 1.82) is 0 Å². The van der Waals surface area contributed by atoms with Crippen LogP contribution in [0.4, 0.5) is 0 Å². The molecule has 20 heavy (non-hydrogen) atoms. The third kappa shape index (κ3) is 2.19. The van der Waals surface area contributed by atoms with E-state index in [2.05, 4.69) is 26.1 Å². The van der Waals surface area contributed by atoms with E-state index in [0.717, 1.165) is 22.6 Å². The molecule has 3 rings (SSSR count). The summed E-state index contributed by atoms with van der Waals surface area (Å²) in [5.74, 6) is 6.66. The summed E-state index contributed by atoms with van der Waals surface area (Å²) in [5.41, 5.74) is 5.87. The van der Waals surface area contributed by atoms with E-state index in [1.165, 1.54) is 0 Å². The second-order valence-corrected chi connectivity index (χ2v) is 4.91. The molecule has 6 nitrogen and oxygen atoms in total. The van der Waals surface area contributed by atoms with Gasteiger partial charge in [-0.1, -0.05) is 12.1 Å². The van der Waals surface area contributed by atoms with Gasteiger partial charge in [0.1, 0.15) is 5.82 Å². The Labute approximate surface area is 117 Å². The summed E-state index contributed by atoms with van der Waals surface area (Å²) in [5, 5.41) is 4.40. The Morgan fingerprint density at radius 1 is 1.25 bits per heavy atom. The Hall–Kier alpha value is -2.18. The highest BCUT2D eigenvalue weighted by Gasteiger charge is 2.17. The summed E-state index contributed by atoms with van der Waals surface area (Å²) in [7, 11) is 3.92. The van der Waals surface area contributed by atoms with Crippen molar-refractivity contribution in [3.8, 4) is 0 Å². The fraction of sp³-hybridized carbons (Fsp3) is 0.286. The topological polar surface area (TPSA) is 73.7 Å². The lowest BCUT2D eigenvalue weighted by Crippen LogP contribution is -2.30. The van der Waals surface area contributed by atoms with Crippen molar-refractivity contribution in [3.05, 3.63) is 48.0 Å². The molecule has 0 amide bonds. The SMILES string of the molecule is Cn1ccc(C(Cc2nc3ccccc3n2C)NN)n1. The Morgan fingerprint density at radius 3 is 2.70 bits per heavy atom. The number of fused-ring (bicyclic) bond motifs is 1. The molecule has 6 heteroatoms. The van der Waals surface area contributed by atoms with Crippen molar-refractivity contribution in [2.45, 2.75) is 12.5 Å². The van der Waals surface area contributed by atoms with Crippen LogP contribution in [0.2, 0.25) is 0 Å². The van der Waals surface area contributed by atoms with E-state index in [9.17, 15) is 0 Å². The number of hydrogen-bond acceptors (Lipinski definition) is 4. The molecule has 0 radical (unpaired) electrons. The van der Waals surface area contributed by atoms with Crippen LogP contribution < -0.4 is 11.3 Å². The number of imidazole rings is 1. The number of rotatable bonds is 4. The molecule has 2 aromatic heterocycles. The van der Waals surface area contributed by atoms with Gasteiger partial charge in [-0.2, -0.15) is 5.10 Å². The molecule has 3 aromatic rings. The van der Waals surface area contributed by atoms with Crippen LogP contribution in [0.1, 0.15) is 17.6 Å². The quantitative estimate of drug-likeness (QED) is 0.549. The minimum absolute atomic E-state index is 0.0493. The molecule has 3 N–H and O–H groups in total. The van der Waals surface area contributed by atoms with E-state index < -0.39 is 0 Å². The molecule has 0 saturated carbocycles. The lowest BCUT2D eigenvalue weighted by atomic mass is 10.1. The lowest BCUT2D eigenvalue weighted by molar-refractivity contribution is 0.512. The molecule has 1 unspecified atom stereocenters. The maximum absolute atomic E-state index is 5.67. The van der Waals surface area contributed by atoms with Gasteiger partial charge in [0.15, 0.2) is 0 Å². The largest absolute Gasteiger partial charge is 0.331 e. The number of para-hydroxylation sites is 2. The zero-order valence-corrected chi connectivity index (χ0v) is 11.6. The van der Waals surface area contributed by atoms with Crippen LogP contribution in [-0.2, 0) is 20.5 Å². The van der Waals surface area contributed by atoms with E-state index >= 15 is 0 Å². The summed E-state index contributed by atoms with van der Waals surface area (Å²) in [6, 6.07) is 10.0. The van der Waals surface area contributed by atoms with Gasteiger partial charge in [-0.25, -0.2) is 4.98 Å². The molecule has 0 aliphatic rings. The molecule has 0 aliphatic carbocycles.